The van der Waals surface area contributed by atoms with Crippen LogP contribution < -0.4 is 15.4 Å². The van der Waals surface area contributed by atoms with Crippen molar-refractivity contribution < 1.29 is 9.53 Å². The highest BCUT2D eigenvalue weighted by Gasteiger charge is 2.17. The summed E-state index contributed by atoms with van der Waals surface area (Å²) in [6.45, 7) is 2.83. The number of methoxy groups -OCH3 is 1. The maximum Gasteiger partial charge on any atom is 0.261 e. The molecule has 1 fully saturated rings. The minimum atomic E-state index is -0.0189. The van der Waals surface area contributed by atoms with E-state index in [0.717, 1.165) is 23.4 Å². The minimum absolute atomic E-state index is 0.0189. The fourth-order valence-corrected chi connectivity index (χ4v) is 3.59. The first kappa shape index (κ1) is 13.8. The molecular weight excluding hydrogens is 316 g/mol. The molecule has 2 N–H and O–H groups in total. The predicted molar refractivity (Wildman–Crippen MR) is 76.5 cm³/mol. The average Bonchev–Trinajstić information content (AvgIpc) is 2.78. The summed E-state index contributed by atoms with van der Waals surface area (Å²) in [7, 11) is 1.60. The van der Waals surface area contributed by atoms with E-state index in [1.807, 2.05) is 0 Å². The maximum absolute atomic E-state index is 12.0. The maximum atomic E-state index is 12.0. The summed E-state index contributed by atoms with van der Waals surface area (Å²) >= 11 is 4.77. The Morgan fingerprint density at radius 3 is 3.17 bits per heavy atom. The van der Waals surface area contributed by atoms with Gasteiger partial charge in [0, 0.05) is 12.6 Å². The Morgan fingerprint density at radius 1 is 1.72 bits per heavy atom. The van der Waals surface area contributed by atoms with Gasteiger partial charge in [0.2, 0.25) is 0 Å². The Hall–Kier alpha value is -0.590. The van der Waals surface area contributed by atoms with Crippen molar-refractivity contribution in [3.05, 3.63) is 14.7 Å². The minimum Gasteiger partial charge on any atom is -0.495 e. The third-order valence-electron chi connectivity index (χ3n) is 3.05. The molecule has 1 saturated heterocycles. The van der Waals surface area contributed by atoms with Gasteiger partial charge in [-0.2, -0.15) is 0 Å². The molecule has 1 aliphatic heterocycles. The van der Waals surface area contributed by atoms with Crippen LogP contribution in [0.3, 0.4) is 0 Å². The van der Waals surface area contributed by atoms with Gasteiger partial charge in [-0.3, -0.25) is 4.79 Å². The fraction of sp³-hybridized carbons (Fsp3) is 0.583. The van der Waals surface area contributed by atoms with Crippen molar-refractivity contribution >= 4 is 33.2 Å². The van der Waals surface area contributed by atoms with E-state index in [9.17, 15) is 4.79 Å². The second-order valence-corrected chi connectivity index (χ2v) is 6.75. The summed E-state index contributed by atoms with van der Waals surface area (Å²) in [6.07, 6.45) is 2.38. The number of hydrogen-bond donors (Lipinski definition) is 2. The molecule has 100 valence electrons. The summed E-state index contributed by atoms with van der Waals surface area (Å²) in [4.78, 5) is 12.7. The van der Waals surface area contributed by atoms with Gasteiger partial charge in [-0.15, -0.1) is 11.3 Å². The van der Waals surface area contributed by atoms with Gasteiger partial charge in [0.1, 0.15) is 9.54 Å². The number of carbonyl (C=O) groups is 1. The van der Waals surface area contributed by atoms with Crippen molar-refractivity contribution in [1.29, 1.82) is 0 Å². The Morgan fingerprint density at radius 2 is 2.56 bits per heavy atom. The lowest BCUT2D eigenvalue weighted by molar-refractivity contribution is 0.0948. The molecule has 0 bridgehead atoms. The summed E-state index contributed by atoms with van der Waals surface area (Å²) in [5, 5.41) is 6.33. The second kappa shape index (κ2) is 6.54. The Kier molecular flexibility index (Phi) is 5.03. The molecule has 1 aromatic rings. The first-order valence-electron chi connectivity index (χ1n) is 6.03. The van der Waals surface area contributed by atoms with Crippen LogP contribution in [0.4, 0.5) is 0 Å². The van der Waals surface area contributed by atoms with Crippen LogP contribution in [-0.4, -0.2) is 32.7 Å². The summed E-state index contributed by atoms with van der Waals surface area (Å²) in [5.41, 5.74) is 0. The molecule has 0 aromatic carbocycles. The van der Waals surface area contributed by atoms with E-state index in [1.54, 1.807) is 13.2 Å². The molecule has 1 atom stereocenters. The third-order valence-corrected chi connectivity index (χ3v) is 4.83. The zero-order chi connectivity index (χ0) is 13.0. The Labute approximate surface area is 119 Å². The van der Waals surface area contributed by atoms with Gasteiger partial charge in [0.25, 0.3) is 5.91 Å². The molecule has 2 rings (SSSR count). The summed E-state index contributed by atoms with van der Waals surface area (Å²) in [6, 6.07) is 1.77. The van der Waals surface area contributed by atoms with E-state index in [2.05, 4.69) is 26.6 Å². The molecule has 1 aliphatic rings. The number of piperidine rings is 1. The number of nitrogens with one attached hydrogen (secondary N) is 2. The lowest BCUT2D eigenvalue weighted by atomic mass is 10.00. The van der Waals surface area contributed by atoms with Gasteiger partial charge in [0.05, 0.1) is 12.0 Å². The molecule has 2 heterocycles. The predicted octanol–water partition coefficient (Wildman–Crippen LogP) is 2.25. The van der Waals surface area contributed by atoms with E-state index in [1.165, 1.54) is 24.2 Å². The lowest BCUT2D eigenvalue weighted by Gasteiger charge is -2.22. The van der Waals surface area contributed by atoms with E-state index < -0.39 is 0 Å². The number of thiophene rings is 1. The zero-order valence-electron chi connectivity index (χ0n) is 10.3. The van der Waals surface area contributed by atoms with E-state index in [4.69, 9.17) is 4.74 Å². The highest BCUT2D eigenvalue weighted by molar-refractivity contribution is 9.11. The number of amides is 1. The second-order valence-electron chi connectivity index (χ2n) is 4.38. The summed E-state index contributed by atoms with van der Waals surface area (Å²) < 4.78 is 6.00. The first-order chi connectivity index (χ1) is 8.70. The monoisotopic (exact) mass is 332 g/mol. The largest absolute Gasteiger partial charge is 0.495 e. The van der Waals surface area contributed by atoms with E-state index in [-0.39, 0.29) is 5.91 Å². The van der Waals surface area contributed by atoms with Gasteiger partial charge in [-0.1, -0.05) is 0 Å². The molecule has 1 amide bonds. The Balaban J connectivity index is 1.86. The van der Waals surface area contributed by atoms with Gasteiger partial charge >= 0.3 is 0 Å². The number of rotatable bonds is 4. The molecule has 18 heavy (non-hydrogen) atoms. The fourth-order valence-electron chi connectivity index (χ4n) is 2.03. The van der Waals surface area contributed by atoms with Crippen LogP contribution in [0.2, 0.25) is 0 Å². The summed E-state index contributed by atoms with van der Waals surface area (Å²) in [5.74, 6) is 1.24. The number of hydrogen-bond acceptors (Lipinski definition) is 4. The molecule has 6 heteroatoms. The SMILES string of the molecule is COc1cc(C(=O)NCC2CCCNC2)sc1Br. The molecule has 0 spiro atoms. The van der Waals surface area contributed by atoms with Crippen LogP contribution >= 0.6 is 27.3 Å². The highest BCUT2D eigenvalue weighted by atomic mass is 79.9. The quantitative estimate of drug-likeness (QED) is 0.889. The van der Waals surface area contributed by atoms with E-state index >= 15 is 0 Å². The molecular formula is C12H17BrN2O2S. The van der Waals surface area contributed by atoms with Crippen LogP contribution in [0.1, 0.15) is 22.5 Å². The van der Waals surface area contributed by atoms with Crippen molar-refractivity contribution in [3.63, 3.8) is 0 Å². The van der Waals surface area contributed by atoms with Crippen molar-refractivity contribution in [2.24, 2.45) is 5.92 Å². The normalized spacial score (nSPS) is 19.6. The van der Waals surface area contributed by atoms with Crippen molar-refractivity contribution in [2.45, 2.75) is 12.8 Å². The topological polar surface area (TPSA) is 50.4 Å². The van der Waals surface area contributed by atoms with Gasteiger partial charge < -0.3 is 15.4 Å². The van der Waals surface area contributed by atoms with Gasteiger partial charge in [0.15, 0.2) is 0 Å². The zero-order valence-corrected chi connectivity index (χ0v) is 12.7. The molecule has 0 radical (unpaired) electrons. The number of halogens is 1. The standard InChI is InChI=1S/C12H17BrN2O2S/c1-17-9-5-10(18-11(9)13)12(16)15-7-8-3-2-4-14-6-8/h5,8,14H,2-4,6-7H2,1H3,(H,15,16). The average molecular weight is 333 g/mol. The lowest BCUT2D eigenvalue weighted by Crippen LogP contribution is -2.37. The smallest absolute Gasteiger partial charge is 0.261 e. The third kappa shape index (κ3) is 3.46. The number of carbonyl (C=O) groups excluding carboxylic acids is 1. The van der Waals surface area contributed by atoms with Crippen molar-refractivity contribution in [3.8, 4) is 5.75 Å². The van der Waals surface area contributed by atoms with Crippen LogP contribution in [0.5, 0.6) is 5.75 Å². The molecule has 0 aliphatic carbocycles. The Bertz CT molecular complexity index is 416. The van der Waals surface area contributed by atoms with Gasteiger partial charge in [-0.25, -0.2) is 0 Å². The molecule has 4 nitrogen and oxygen atoms in total. The van der Waals surface area contributed by atoms with Crippen LogP contribution in [0.15, 0.2) is 9.85 Å². The van der Waals surface area contributed by atoms with Crippen molar-refractivity contribution in [1.82, 2.24) is 10.6 Å². The molecule has 0 saturated carbocycles. The molecule has 1 unspecified atom stereocenters. The first-order valence-corrected chi connectivity index (χ1v) is 7.64. The molecule has 1 aromatic heterocycles. The van der Waals surface area contributed by atoms with Gasteiger partial charge in [-0.05, 0) is 47.8 Å². The van der Waals surface area contributed by atoms with Crippen LogP contribution in [0, 0.1) is 5.92 Å². The van der Waals surface area contributed by atoms with Crippen molar-refractivity contribution in [2.75, 3.05) is 26.7 Å². The van der Waals surface area contributed by atoms with E-state index in [0.29, 0.717) is 16.5 Å². The highest BCUT2D eigenvalue weighted by Crippen LogP contribution is 2.34. The number of ether oxygens (including phenoxy) is 1. The van der Waals surface area contributed by atoms with Crippen LogP contribution in [-0.2, 0) is 0 Å². The van der Waals surface area contributed by atoms with Crippen LogP contribution in [0.25, 0.3) is 0 Å².